The first-order valence-corrected chi connectivity index (χ1v) is 6.19. The van der Waals surface area contributed by atoms with Gasteiger partial charge in [0.05, 0.1) is 5.92 Å². The SMILES string of the molecule is CC(Cc1ccc(NC(=O)C2CC2)cc1)C(=O)O. The van der Waals surface area contributed by atoms with Gasteiger partial charge in [-0.05, 0) is 37.0 Å². The molecule has 1 unspecified atom stereocenters. The summed E-state index contributed by atoms with van der Waals surface area (Å²) in [6, 6.07) is 7.37. The third kappa shape index (κ3) is 3.32. The maximum absolute atomic E-state index is 11.5. The summed E-state index contributed by atoms with van der Waals surface area (Å²) in [7, 11) is 0. The summed E-state index contributed by atoms with van der Waals surface area (Å²) in [4.78, 5) is 22.3. The fourth-order valence-electron chi connectivity index (χ4n) is 1.75. The highest BCUT2D eigenvalue weighted by Gasteiger charge is 2.29. The van der Waals surface area contributed by atoms with Crippen LogP contribution in [0.2, 0.25) is 0 Å². The van der Waals surface area contributed by atoms with E-state index in [0.29, 0.717) is 6.42 Å². The molecule has 0 aliphatic heterocycles. The van der Waals surface area contributed by atoms with Crippen LogP contribution in [-0.4, -0.2) is 17.0 Å². The summed E-state index contributed by atoms with van der Waals surface area (Å²) in [5.41, 5.74) is 1.74. The Kier molecular flexibility index (Phi) is 3.65. The summed E-state index contributed by atoms with van der Waals surface area (Å²) in [5.74, 6) is -0.906. The number of anilines is 1. The summed E-state index contributed by atoms with van der Waals surface area (Å²) >= 11 is 0. The third-order valence-electron chi connectivity index (χ3n) is 3.13. The van der Waals surface area contributed by atoms with E-state index < -0.39 is 11.9 Å². The van der Waals surface area contributed by atoms with E-state index in [9.17, 15) is 9.59 Å². The van der Waals surface area contributed by atoms with Gasteiger partial charge in [0, 0.05) is 11.6 Å². The second-order valence-corrected chi connectivity index (χ2v) is 4.90. The van der Waals surface area contributed by atoms with E-state index in [4.69, 9.17) is 5.11 Å². The molecule has 96 valence electrons. The molecule has 1 aromatic carbocycles. The average molecular weight is 247 g/mol. The lowest BCUT2D eigenvalue weighted by Crippen LogP contribution is -2.14. The number of carbonyl (C=O) groups is 2. The topological polar surface area (TPSA) is 66.4 Å². The van der Waals surface area contributed by atoms with Gasteiger partial charge in [0.15, 0.2) is 0 Å². The molecule has 1 aromatic rings. The molecule has 0 aromatic heterocycles. The van der Waals surface area contributed by atoms with E-state index in [0.717, 1.165) is 24.1 Å². The molecule has 2 rings (SSSR count). The number of aliphatic carboxylic acids is 1. The standard InChI is InChI=1S/C14H17NO3/c1-9(14(17)18)8-10-2-6-12(7-3-10)15-13(16)11-4-5-11/h2-3,6-7,9,11H,4-5,8H2,1H3,(H,15,16)(H,17,18). The number of hydrogen-bond donors (Lipinski definition) is 2. The van der Waals surface area contributed by atoms with Gasteiger partial charge in [0.25, 0.3) is 0 Å². The smallest absolute Gasteiger partial charge is 0.306 e. The van der Waals surface area contributed by atoms with Gasteiger partial charge < -0.3 is 10.4 Å². The lowest BCUT2D eigenvalue weighted by molar-refractivity contribution is -0.141. The van der Waals surface area contributed by atoms with Crippen LogP contribution in [0.15, 0.2) is 24.3 Å². The first-order chi connectivity index (χ1) is 8.56. The van der Waals surface area contributed by atoms with Gasteiger partial charge in [0.1, 0.15) is 0 Å². The van der Waals surface area contributed by atoms with Gasteiger partial charge in [-0.2, -0.15) is 0 Å². The summed E-state index contributed by atoms with van der Waals surface area (Å²) in [5, 5.41) is 11.7. The predicted molar refractivity (Wildman–Crippen MR) is 68.3 cm³/mol. The van der Waals surface area contributed by atoms with Gasteiger partial charge in [-0.3, -0.25) is 9.59 Å². The molecule has 0 heterocycles. The van der Waals surface area contributed by atoms with Crippen LogP contribution in [0.4, 0.5) is 5.69 Å². The second kappa shape index (κ2) is 5.21. The van der Waals surface area contributed by atoms with E-state index in [1.165, 1.54) is 0 Å². The summed E-state index contributed by atoms with van der Waals surface area (Å²) < 4.78 is 0. The zero-order valence-electron chi connectivity index (χ0n) is 10.3. The highest BCUT2D eigenvalue weighted by Crippen LogP contribution is 2.30. The Labute approximate surface area is 106 Å². The fourth-order valence-corrected chi connectivity index (χ4v) is 1.75. The highest BCUT2D eigenvalue weighted by molar-refractivity contribution is 5.94. The van der Waals surface area contributed by atoms with Crippen molar-refractivity contribution in [2.45, 2.75) is 26.2 Å². The molecule has 4 nitrogen and oxygen atoms in total. The molecule has 18 heavy (non-hydrogen) atoms. The van der Waals surface area contributed by atoms with E-state index in [2.05, 4.69) is 5.32 Å². The second-order valence-electron chi connectivity index (χ2n) is 4.90. The van der Waals surface area contributed by atoms with Crippen LogP contribution in [0.3, 0.4) is 0 Å². The fraction of sp³-hybridized carbons (Fsp3) is 0.429. The van der Waals surface area contributed by atoms with Crippen molar-refractivity contribution >= 4 is 17.6 Å². The maximum Gasteiger partial charge on any atom is 0.306 e. The number of carboxylic acid groups (broad SMARTS) is 1. The molecule has 0 radical (unpaired) electrons. The van der Waals surface area contributed by atoms with Gasteiger partial charge in [-0.1, -0.05) is 19.1 Å². The third-order valence-corrected chi connectivity index (χ3v) is 3.13. The molecule has 1 aliphatic carbocycles. The number of hydrogen-bond acceptors (Lipinski definition) is 2. The van der Waals surface area contributed by atoms with Crippen molar-refractivity contribution in [3.63, 3.8) is 0 Å². The van der Waals surface area contributed by atoms with Gasteiger partial charge in [-0.15, -0.1) is 0 Å². The Balaban J connectivity index is 1.92. The molecule has 0 saturated heterocycles. The Morgan fingerprint density at radius 1 is 1.33 bits per heavy atom. The zero-order chi connectivity index (χ0) is 13.1. The summed E-state index contributed by atoms with van der Waals surface area (Å²) in [6.07, 6.45) is 2.48. The molecule has 0 bridgehead atoms. The summed E-state index contributed by atoms with van der Waals surface area (Å²) in [6.45, 7) is 1.69. The monoisotopic (exact) mass is 247 g/mol. The molecule has 1 saturated carbocycles. The molecule has 0 spiro atoms. The molecule has 1 amide bonds. The highest BCUT2D eigenvalue weighted by atomic mass is 16.4. The number of nitrogens with one attached hydrogen (secondary N) is 1. The quantitative estimate of drug-likeness (QED) is 0.839. The molecule has 2 N–H and O–H groups in total. The van der Waals surface area contributed by atoms with Crippen molar-refractivity contribution in [2.75, 3.05) is 5.32 Å². The van der Waals surface area contributed by atoms with E-state index in [1.807, 2.05) is 24.3 Å². The Morgan fingerprint density at radius 3 is 2.44 bits per heavy atom. The van der Waals surface area contributed by atoms with Crippen molar-refractivity contribution in [1.29, 1.82) is 0 Å². The molecule has 1 atom stereocenters. The average Bonchev–Trinajstić information content (AvgIpc) is 3.15. The van der Waals surface area contributed by atoms with Crippen molar-refractivity contribution < 1.29 is 14.7 Å². The largest absolute Gasteiger partial charge is 0.481 e. The van der Waals surface area contributed by atoms with Crippen LogP contribution in [-0.2, 0) is 16.0 Å². The number of rotatable bonds is 5. The predicted octanol–water partition coefficient (Wildman–Crippen LogP) is 2.30. The van der Waals surface area contributed by atoms with Gasteiger partial charge >= 0.3 is 5.97 Å². The van der Waals surface area contributed by atoms with Crippen molar-refractivity contribution in [3.05, 3.63) is 29.8 Å². The van der Waals surface area contributed by atoms with E-state index >= 15 is 0 Å². The van der Waals surface area contributed by atoms with Crippen LogP contribution in [0.5, 0.6) is 0 Å². The Morgan fingerprint density at radius 2 is 1.94 bits per heavy atom. The lowest BCUT2D eigenvalue weighted by atomic mass is 10.0. The zero-order valence-corrected chi connectivity index (χ0v) is 10.3. The van der Waals surface area contributed by atoms with Crippen molar-refractivity contribution in [2.24, 2.45) is 11.8 Å². The number of carbonyl (C=O) groups excluding carboxylic acids is 1. The van der Waals surface area contributed by atoms with E-state index in [1.54, 1.807) is 6.92 Å². The molecule has 1 fully saturated rings. The van der Waals surface area contributed by atoms with Crippen molar-refractivity contribution in [1.82, 2.24) is 0 Å². The van der Waals surface area contributed by atoms with Crippen LogP contribution < -0.4 is 5.32 Å². The van der Waals surface area contributed by atoms with Crippen LogP contribution in [0.25, 0.3) is 0 Å². The minimum atomic E-state index is -0.791. The van der Waals surface area contributed by atoms with Gasteiger partial charge in [-0.25, -0.2) is 0 Å². The number of carboxylic acids is 1. The first-order valence-electron chi connectivity index (χ1n) is 6.19. The van der Waals surface area contributed by atoms with Crippen LogP contribution >= 0.6 is 0 Å². The minimum Gasteiger partial charge on any atom is -0.481 e. The maximum atomic E-state index is 11.5. The van der Waals surface area contributed by atoms with Crippen LogP contribution in [0.1, 0.15) is 25.3 Å². The van der Waals surface area contributed by atoms with Crippen LogP contribution in [0, 0.1) is 11.8 Å². The number of amides is 1. The lowest BCUT2D eigenvalue weighted by Gasteiger charge is -2.08. The minimum absolute atomic E-state index is 0.0849. The molecular formula is C14H17NO3. The Bertz CT molecular complexity index is 449. The first kappa shape index (κ1) is 12.6. The van der Waals surface area contributed by atoms with E-state index in [-0.39, 0.29) is 11.8 Å². The molecule has 1 aliphatic rings. The molecule has 4 heteroatoms. The van der Waals surface area contributed by atoms with Crippen molar-refractivity contribution in [3.8, 4) is 0 Å². The number of benzene rings is 1. The molecular weight excluding hydrogens is 230 g/mol. The van der Waals surface area contributed by atoms with Gasteiger partial charge in [0.2, 0.25) is 5.91 Å². The normalized spacial score (nSPS) is 16.1. The Hall–Kier alpha value is -1.84.